The Hall–Kier alpha value is -3.26. The summed E-state index contributed by atoms with van der Waals surface area (Å²) >= 11 is 0. The molecule has 0 amide bonds. The number of methoxy groups -OCH3 is 1. The van der Waals surface area contributed by atoms with Crippen LogP contribution in [0.15, 0.2) is 42.6 Å². The zero-order valence-corrected chi connectivity index (χ0v) is 17.6. The molecule has 0 spiro atoms. The van der Waals surface area contributed by atoms with Gasteiger partial charge in [0.15, 0.2) is 0 Å². The van der Waals surface area contributed by atoms with Crippen LogP contribution in [-0.2, 0) is 4.74 Å². The van der Waals surface area contributed by atoms with E-state index < -0.39 is 0 Å². The minimum Gasteiger partial charge on any atom is -0.465 e. The summed E-state index contributed by atoms with van der Waals surface area (Å²) in [5.74, 6) is 7.51. The van der Waals surface area contributed by atoms with Gasteiger partial charge in [0, 0.05) is 29.7 Å². The van der Waals surface area contributed by atoms with Gasteiger partial charge in [0.05, 0.1) is 30.4 Å². The van der Waals surface area contributed by atoms with Gasteiger partial charge in [-0.25, -0.2) is 4.79 Å². The molecule has 0 bridgehead atoms. The van der Waals surface area contributed by atoms with Crippen LogP contribution in [0.3, 0.4) is 0 Å². The highest BCUT2D eigenvalue weighted by Gasteiger charge is 2.45. The topological polar surface area (TPSA) is 47.4 Å². The molecule has 0 N–H and O–H groups in total. The third-order valence-corrected chi connectivity index (χ3v) is 6.51. The van der Waals surface area contributed by atoms with E-state index >= 15 is 0 Å². The van der Waals surface area contributed by atoms with Crippen LogP contribution < -0.4 is 4.90 Å². The molecular formula is C25H25N3O2. The Balaban J connectivity index is 1.52. The molecule has 1 saturated carbocycles. The lowest BCUT2D eigenvalue weighted by atomic mass is 10.0. The van der Waals surface area contributed by atoms with Crippen LogP contribution in [0.1, 0.15) is 47.8 Å². The molecule has 5 rings (SSSR count). The standard InChI is InChI=1S/C25H25N3O2/c1-4-5-18-8-11-22(25(29)30-3)24-23(18)13-26-28(24)16(2)17-6-9-21(10-7-17)27-14-19-12-20(19)15-27/h6-11,13,16,19-20H,12,14-15H2,1-3H3/t16-,19?,20?/m1/s1. The van der Waals surface area contributed by atoms with E-state index in [4.69, 9.17) is 4.74 Å². The number of esters is 1. The average molecular weight is 399 g/mol. The van der Waals surface area contributed by atoms with Crippen molar-refractivity contribution in [3.05, 3.63) is 59.3 Å². The van der Waals surface area contributed by atoms with Crippen molar-refractivity contribution in [1.29, 1.82) is 0 Å². The molecule has 5 nitrogen and oxygen atoms in total. The Kier molecular flexibility index (Phi) is 4.51. The summed E-state index contributed by atoms with van der Waals surface area (Å²) in [4.78, 5) is 14.9. The van der Waals surface area contributed by atoms with Crippen molar-refractivity contribution in [1.82, 2.24) is 9.78 Å². The third-order valence-electron chi connectivity index (χ3n) is 6.51. The van der Waals surface area contributed by atoms with Gasteiger partial charge < -0.3 is 9.64 Å². The Morgan fingerprint density at radius 3 is 2.57 bits per heavy atom. The maximum absolute atomic E-state index is 12.4. The van der Waals surface area contributed by atoms with Crippen molar-refractivity contribution in [2.45, 2.75) is 26.3 Å². The van der Waals surface area contributed by atoms with Crippen LogP contribution in [0.2, 0.25) is 0 Å². The Morgan fingerprint density at radius 2 is 1.90 bits per heavy atom. The van der Waals surface area contributed by atoms with E-state index in [2.05, 4.69) is 53.0 Å². The molecule has 30 heavy (non-hydrogen) atoms. The van der Waals surface area contributed by atoms with Gasteiger partial charge in [-0.2, -0.15) is 5.10 Å². The highest BCUT2D eigenvalue weighted by molar-refractivity contribution is 6.04. The predicted molar refractivity (Wildman–Crippen MR) is 118 cm³/mol. The lowest BCUT2D eigenvalue weighted by Crippen LogP contribution is -2.21. The van der Waals surface area contributed by atoms with Crippen LogP contribution in [0.4, 0.5) is 5.69 Å². The molecular weight excluding hydrogens is 374 g/mol. The van der Waals surface area contributed by atoms with Crippen LogP contribution in [-0.4, -0.2) is 35.9 Å². The number of ether oxygens (including phenoxy) is 1. The zero-order valence-electron chi connectivity index (χ0n) is 17.6. The van der Waals surface area contributed by atoms with Crippen LogP contribution in [0.25, 0.3) is 10.9 Å². The molecule has 1 aromatic heterocycles. The third kappa shape index (κ3) is 3.04. The van der Waals surface area contributed by atoms with Gasteiger partial charge in [0.1, 0.15) is 0 Å². The molecule has 2 unspecified atom stereocenters. The fourth-order valence-corrected chi connectivity index (χ4v) is 4.69. The van der Waals surface area contributed by atoms with Crippen LogP contribution in [0, 0.1) is 23.7 Å². The van der Waals surface area contributed by atoms with E-state index in [1.807, 2.05) is 10.7 Å². The number of hydrogen-bond donors (Lipinski definition) is 0. The monoisotopic (exact) mass is 399 g/mol. The molecule has 5 heteroatoms. The highest BCUT2D eigenvalue weighted by Crippen LogP contribution is 2.46. The van der Waals surface area contributed by atoms with E-state index in [1.54, 1.807) is 19.2 Å². The van der Waals surface area contributed by atoms with Gasteiger partial charge in [0.25, 0.3) is 0 Å². The fourth-order valence-electron chi connectivity index (χ4n) is 4.69. The molecule has 3 aromatic rings. The number of anilines is 1. The number of carbonyl (C=O) groups is 1. The van der Waals surface area contributed by atoms with Gasteiger partial charge in [-0.3, -0.25) is 4.68 Å². The molecule has 1 saturated heterocycles. The Morgan fingerprint density at radius 1 is 1.17 bits per heavy atom. The van der Waals surface area contributed by atoms with Gasteiger partial charge in [0.2, 0.25) is 0 Å². The summed E-state index contributed by atoms with van der Waals surface area (Å²) in [6, 6.07) is 12.4. The molecule has 152 valence electrons. The van der Waals surface area contributed by atoms with Crippen LogP contribution >= 0.6 is 0 Å². The summed E-state index contributed by atoms with van der Waals surface area (Å²) in [6.45, 7) is 6.28. The lowest BCUT2D eigenvalue weighted by molar-refractivity contribution is 0.0602. The average Bonchev–Trinajstić information content (AvgIpc) is 3.17. The number of carbonyl (C=O) groups excluding carboxylic acids is 1. The van der Waals surface area contributed by atoms with E-state index in [-0.39, 0.29) is 12.0 Å². The van der Waals surface area contributed by atoms with E-state index in [0.717, 1.165) is 33.9 Å². The van der Waals surface area contributed by atoms with Gasteiger partial charge in [-0.15, -0.1) is 5.92 Å². The van der Waals surface area contributed by atoms with Gasteiger partial charge >= 0.3 is 5.97 Å². The summed E-state index contributed by atoms with van der Waals surface area (Å²) in [7, 11) is 1.40. The summed E-state index contributed by atoms with van der Waals surface area (Å²) in [6.07, 6.45) is 3.20. The number of aromatic nitrogens is 2. The van der Waals surface area contributed by atoms with Crippen LogP contribution in [0.5, 0.6) is 0 Å². The highest BCUT2D eigenvalue weighted by atomic mass is 16.5. The zero-order chi connectivity index (χ0) is 20.8. The Bertz CT molecular complexity index is 1170. The Labute approximate surface area is 176 Å². The second-order valence-electron chi connectivity index (χ2n) is 8.31. The number of piperidine rings is 1. The minimum atomic E-state index is -0.368. The first-order chi connectivity index (χ1) is 14.6. The summed E-state index contributed by atoms with van der Waals surface area (Å²) < 4.78 is 6.92. The van der Waals surface area contributed by atoms with Gasteiger partial charge in [-0.1, -0.05) is 18.1 Å². The molecule has 2 heterocycles. The van der Waals surface area contributed by atoms with Crippen molar-refractivity contribution >= 4 is 22.6 Å². The predicted octanol–water partition coefficient (Wildman–Crippen LogP) is 4.26. The van der Waals surface area contributed by atoms with Crippen molar-refractivity contribution in [3.63, 3.8) is 0 Å². The molecule has 2 fully saturated rings. The molecule has 2 aromatic carbocycles. The summed E-state index contributed by atoms with van der Waals surface area (Å²) in [5, 5.41) is 5.51. The fraction of sp³-hybridized carbons (Fsp3) is 0.360. The van der Waals surface area contributed by atoms with Crippen molar-refractivity contribution in [2.24, 2.45) is 11.8 Å². The van der Waals surface area contributed by atoms with Crippen molar-refractivity contribution in [2.75, 3.05) is 25.1 Å². The van der Waals surface area contributed by atoms with Crippen molar-refractivity contribution in [3.8, 4) is 11.8 Å². The minimum absolute atomic E-state index is 0.0308. The SMILES string of the molecule is CC#Cc1ccc(C(=O)OC)c2c1cnn2[C@H](C)c1ccc(N2CC3CC3C2)cc1. The lowest BCUT2D eigenvalue weighted by Gasteiger charge is -2.21. The van der Waals surface area contributed by atoms with E-state index in [1.165, 1.54) is 32.3 Å². The second kappa shape index (κ2) is 7.21. The molecule has 3 atom stereocenters. The first-order valence-electron chi connectivity index (χ1n) is 10.5. The van der Waals surface area contributed by atoms with Gasteiger partial charge in [-0.05, 0) is 61.9 Å². The molecule has 1 aliphatic heterocycles. The number of nitrogens with zero attached hydrogens (tertiary/aromatic N) is 3. The quantitative estimate of drug-likeness (QED) is 0.486. The number of hydrogen-bond acceptors (Lipinski definition) is 4. The summed E-state index contributed by atoms with van der Waals surface area (Å²) in [5.41, 5.74) is 4.57. The number of fused-ring (bicyclic) bond motifs is 2. The maximum atomic E-state index is 12.4. The largest absolute Gasteiger partial charge is 0.465 e. The molecule has 1 aliphatic carbocycles. The molecule has 2 aliphatic rings. The van der Waals surface area contributed by atoms with E-state index in [9.17, 15) is 4.79 Å². The first kappa shape index (κ1) is 18.7. The normalized spacial score (nSPS) is 20.4. The maximum Gasteiger partial charge on any atom is 0.340 e. The first-order valence-corrected chi connectivity index (χ1v) is 10.5. The molecule has 0 radical (unpaired) electrons. The number of benzene rings is 2. The van der Waals surface area contributed by atoms with E-state index in [0.29, 0.717) is 5.56 Å². The number of rotatable bonds is 4. The van der Waals surface area contributed by atoms with Crippen molar-refractivity contribution < 1.29 is 9.53 Å². The smallest absolute Gasteiger partial charge is 0.340 e. The second-order valence-corrected chi connectivity index (χ2v) is 8.31.